The first-order chi connectivity index (χ1) is 10.4. The van der Waals surface area contributed by atoms with Crippen molar-refractivity contribution in [2.24, 2.45) is 35.0 Å². The van der Waals surface area contributed by atoms with E-state index in [-0.39, 0.29) is 23.7 Å². The number of rotatable bonds is 0. The van der Waals surface area contributed by atoms with Crippen LogP contribution in [0.4, 0.5) is 0 Å². The zero-order valence-electron chi connectivity index (χ0n) is 13.8. The first-order valence-corrected chi connectivity index (χ1v) is 9.16. The summed E-state index contributed by atoms with van der Waals surface area (Å²) in [6.07, 6.45) is 7.24. The van der Waals surface area contributed by atoms with Crippen LogP contribution in [0.3, 0.4) is 0 Å². The Morgan fingerprint density at radius 1 is 1.14 bits per heavy atom. The fraction of sp³-hybridized carbons (Fsp3) is 0.895. The highest BCUT2D eigenvalue weighted by Gasteiger charge is 2.59. The summed E-state index contributed by atoms with van der Waals surface area (Å²) < 4.78 is 0. The molecule has 4 aliphatic carbocycles. The molecule has 124 valence electrons. The van der Waals surface area contributed by atoms with Crippen LogP contribution in [0.15, 0.2) is 11.6 Å². The summed E-state index contributed by atoms with van der Waals surface area (Å²) in [6.45, 7) is 4.41. The molecule has 4 aliphatic rings. The van der Waals surface area contributed by atoms with Crippen molar-refractivity contribution in [3.8, 4) is 0 Å². The van der Waals surface area contributed by atoms with Crippen LogP contribution in [-0.4, -0.2) is 33.6 Å². The number of aliphatic hydroxyl groups is 3. The smallest absolute Gasteiger partial charge is 0.0757 e. The summed E-state index contributed by atoms with van der Waals surface area (Å²) in [6, 6.07) is 0. The van der Waals surface area contributed by atoms with E-state index in [9.17, 15) is 15.3 Å². The van der Waals surface area contributed by atoms with Crippen molar-refractivity contribution in [1.82, 2.24) is 0 Å². The van der Waals surface area contributed by atoms with Crippen molar-refractivity contribution in [2.45, 2.75) is 70.7 Å². The van der Waals surface area contributed by atoms with Crippen LogP contribution in [0.5, 0.6) is 0 Å². The summed E-state index contributed by atoms with van der Waals surface area (Å²) in [5.74, 6) is 2.21. The molecule has 4 rings (SSSR count). The average Bonchev–Trinajstić information content (AvgIpc) is 2.70. The molecule has 3 fully saturated rings. The molecule has 3 N–H and O–H groups in total. The van der Waals surface area contributed by atoms with E-state index in [0.29, 0.717) is 29.6 Å². The van der Waals surface area contributed by atoms with Gasteiger partial charge in [0.2, 0.25) is 0 Å². The quantitative estimate of drug-likeness (QED) is 0.603. The zero-order chi connectivity index (χ0) is 15.6. The van der Waals surface area contributed by atoms with Gasteiger partial charge in [-0.3, -0.25) is 0 Å². The molecule has 3 unspecified atom stereocenters. The van der Waals surface area contributed by atoms with Crippen molar-refractivity contribution >= 4 is 0 Å². The first-order valence-electron chi connectivity index (χ1n) is 9.16. The SMILES string of the molecule is C[C@@H]1CC2C3C(CC[C@]2(C)[C@@H]1O)[C@H]1CC[C@@H](O)CC1=C[C@@H]3O. The van der Waals surface area contributed by atoms with E-state index in [1.54, 1.807) is 0 Å². The molecule has 3 nitrogen and oxygen atoms in total. The minimum Gasteiger partial charge on any atom is -0.393 e. The Kier molecular flexibility index (Phi) is 3.49. The Morgan fingerprint density at radius 2 is 1.91 bits per heavy atom. The standard InChI is InChI=1S/C19H30O3/c1-10-7-15-17-14(5-6-19(15,2)18(10)22)13-4-3-12(20)8-11(13)9-16(17)21/h9-10,12-18,20-22H,3-8H2,1-2H3/t10-,12-,13+,14?,15?,16+,17?,18-,19+/m1/s1. The normalized spacial score (nSPS) is 57.6. The lowest BCUT2D eigenvalue weighted by Crippen LogP contribution is -2.51. The Bertz CT molecular complexity index is 487. The first kappa shape index (κ1) is 15.2. The van der Waals surface area contributed by atoms with E-state index in [0.717, 1.165) is 38.5 Å². The second-order valence-corrected chi connectivity index (χ2v) is 8.82. The maximum Gasteiger partial charge on any atom is 0.0757 e. The minimum atomic E-state index is -0.385. The molecule has 0 aromatic rings. The molecule has 22 heavy (non-hydrogen) atoms. The maximum absolute atomic E-state index is 10.8. The molecule has 0 saturated heterocycles. The van der Waals surface area contributed by atoms with Crippen LogP contribution >= 0.6 is 0 Å². The molecule has 3 heteroatoms. The summed E-state index contributed by atoms with van der Waals surface area (Å²) in [7, 11) is 0. The van der Waals surface area contributed by atoms with E-state index < -0.39 is 0 Å². The molecule has 0 bridgehead atoms. The third kappa shape index (κ3) is 1.98. The molecule has 0 spiro atoms. The lowest BCUT2D eigenvalue weighted by molar-refractivity contribution is -0.0870. The molecule has 0 aliphatic heterocycles. The zero-order valence-corrected chi connectivity index (χ0v) is 13.8. The third-order valence-electron chi connectivity index (χ3n) is 7.72. The highest BCUT2D eigenvalue weighted by atomic mass is 16.3. The van der Waals surface area contributed by atoms with Crippen LogP contribution < -0.4 is 0 Å². The monoisotopic (exact) mass is 306 g/mol. The molecule has 3 saturated carbocycles. The van der Waals surface area contributed by atoms with Gasteiger partial charge in [-0.15, -0.1) is 0 Å². The lowest BCUT2D eigenvalue weighted by atomic mass is 9.52. The van der Waals surface area contributed by atoms with E-state index in [2.05, 4.69) is 19.9 Å². The van der Waals surface area contributed by atoms with Crippen LogP contribution in [0.25, 0.3) is 0 Å². The van der Waals surface area contributed by atoms with Gasteiger partial charge in [0, 0.05) is 0 Å². The summed E-state index contributed by atoms with van der Waals surface area (Å²) in [4.78, 5) is 0. The molecular formula is C19H30O3. The van der Waals surface area contributed by atoms with Crippen molar-refractivity contribution in [3.05, 3.63) is 11.6 Å². The van der Waals surface area contributed by atoms with Crippen LogP contribution in [0, 0.1) is 35.0 Å². The minimum absolute atomic E-state index is 0.0128. The van der Waals surface area contributed by atoms with Gasteiger partial charge in [-0.25, -0.2) is 0 Å². The molecule has 0 heterocycles. The second-order valence-electron chi connectivity index (χ2n) is 8.82. The van der Waals surface area contributed by atoms with Gasteiger partial charge in [0.05, 0.1) is 18.3 Å². The predicted molar refractivity (Wildman–Crippen MR) is 85.0 cm³/mol. The molecule has 0 amide bonds. The largest absolute Gasteiger partial charge is 0.393 e. The van der Waals surface area contributed by atoms with E-state index in [1.165, 1.54) is 5.57 Å². The summed E-state index contributed by atoms with van der Waals surface area (Å²) in [5.41, 5.74) is 1.30. The van der Waals surface area contributed by atoms with Gasteiger partial charge in [0.15, 0.2) is 0 Å². The van der Waals surface area contributed by atoms with Crippen molar-refractivity contribution in [3.63, 3.8) is 0 Å². The van der Waals surface area contributed by atoms with Gasteiger partial charge in [0.1, 0.15) is 0 Å². The van der Waals surface area contributed by atoms with Crippen molar-refractivity contribution in [1.29, 1.82) is 0 Å². The highest BCUT2D eigenvalue weighted by molar-refractivity contribution is 5.23. The second kappa shape index (κ2) is 5.06. The lowest BCUT2D eigenvalue weighted by Gasteiger charge is -2.54. The molecule has 9 atom stereocenters. The van der Waals surface area contributed by atoms with Crippen LogP contribution in [0.2, 0.25) is 0 Å². The van der Waals surface area contributed by atoms with Gasteiger partial charge >= 0.3 is 0 Å². The van der Waals surface area contributed by atoms with Crippen LogP contribution in [-0.2, 0) is 0 Å². The van der Waals surface area contributed by atoms with E-state index >= 15 is 0 Å². The molecule has 0 radical (unpaired) electrons. The van der Waals surface area contributed by atoms with Gasteiger partial charge in [-0.2, -0.15) is 0 Å². The Morgan fingerprint density at radius 3 is 2.68 bits per heavy atom. The Balaban J connectivity index is 1.68. The number of hydrogen-bond donors (Lipinski definition) is 3. The fourth-order valence-corrected chi connectivity index (χ4v) is 6.62. The van der Waals surface area contributed by atoms with Crippen LogP contribution in [0.1, 0.15) is 52.4 Å². The van der Waals surface area contributed by atoms with Gasteiger partial charge in [-0.1, -0.05) is 25.5 Å². The van der Waals surface area contributed by atoms with E-state index in [1.807, 2.05) is 0 Å². The predicted octanol–water partition coefficient (Wildman–Crippen LogP) is 2.50. The molecule has 0 aromatic heterocycles. The summed E-state index contributed by atoms with van der Waals surface area (Å²) >= 11 is 0. The topological polar surface area (TPSA) is 60.7 Å². The van der Waals surface area contributed by atoms with Gasteiger partial charge < -0.3 is 15.3 Å². The van der Waals surface area contributed by atoms with Gasteiger partial charge in [0.25, 0.3) is 0 Å². The van der Waals surface area contributed by atoms with Gasteiger partial charge in [-0.05, 0) is 73.5 Å². The number of hydrogen-bond acceptors (Lipinski definition) is 3. The van der Waals surface area contributed by atoms with Crippen molar-refractivity contribution in [2.75, 3.05) is 0 Å². The molecule has 0 aromatic carbocycles. The highest BCUT2D eigenvalue weighted by Crippen LogP contribution is 2.62. The average molecular weight is 306 g/mol. The summed E-state index contributed by atoms with van der Waals surface area (Å²) in [5, 5.41) is 31.4. The maximum atomic E-state index is 10.8. The number of fused-ring (bicyclic) bond motifs is 5. The Labute approximate surface area is 133 Å². The molecular weight excluding hydrogens is 276 g/mol. The van der Waals surface area contributed by atoms with E-state index in [4.69, 9.17) is 0 Å². The number of aliphatic hydroxyl groups excluding tert-OH is 3. The fourth-order valence-electron chi connectivity index (χ4n) is 6.62. The third-order valence-corrected chi connectivity index (χ3v) is 7.72. The van der Waals surface area contributed by atoms with Crippen molar-refractivity contribution < 1.29 is 15.3 Å². The Hall–Kier alpha value is -0.380.